The van der Waals surface area contributed by atoms with Gasteiger partial charge in [-0.2, -0.15) is 13.5 Å². The fourth-order valence-electron chi connectivity index (χ4n) is 2.76. The molecule has 0 aromatic heterocycles. The second-order valence-corrected chi connectivity index (χ2v) is 6.63. The van der Waals surface area contributed by atoms with E-state index in [0.29, 0.717) is 6.42 Å². The number of hydrazone groups is 1. The van der Waals surface area contributed by atoms with Crippen molar-refractivity contribution in [3.05, 3.63) is 34.9 Å². The van der Waals surface area contributed by atoms with Crippen molar-refractivity contribution < 1.29 is 17.9 Å². The van der Waals surface area contributed by atoms with Crippen LogP contribution in [0, 0.1) is 5.92 Å². The largest absolute Gasteiger partial charge is 0.371 e. The molecule has 0 fully saturated rings. The maximum absolute atomic E-state index is 11.4. The van der Waals surface area contributed by atoms with Gasteiger partial charge in [0.05, 0.1) is 5.71 Å². The zero-order valence-corrected chi connectivity index (χ0v) is 14.4. The lowest BCUT2D eigenvalue weighted by Crippen LogP contribution is -2.32. The van der Waals surface area contributed by atoms with Gasteiger partial charge in [0.15, 0.2) is 0 Å². The van der Waals surface area contributed by atoms with Crippen LogP contribution in [0.4, 0.5) is 0 Å². The Morgan fingerprint density at radius 2 is 2.13 bits per heavy atom. The number of carbonyl (C=O) groups is 1. The fraction of sp³-hybridized carbons (Fsp3) is 0.438. The van der Waals surface area contributed by atoms with Crippen molar-refractivity contribution in [1.82, 2.24) is 5.43 Å². The molecule has 2 atom stereocenters. The highest BCUT2D eigenvalue weighted by Crippen LogP contribution is 2.24. The topological polar surface area (TPSA) is 84.8 Å². The molecule has 1 heterocycles. The number of methoxy groups -OCH3 is 1. The summed E-state index contributed by atoms with van der Waals surface area (Å²) in [5, 5.41) is 4.13. The molecular formula is C16H20N2O4S. The standard InChI is InChI=1S/C16H20N2O4S/c1-9-5-6-13(23(20)21)16(22-4)12(9)7-10(2)15-11(3)8-14(19)17-18-15/h5-7,11,16H,8H2,1-4H3,(H,17,19). The average molecular weight is 336 g/mol. The SMILES string of the molecule is COC1C(C=C(C)C2=NNC(=O)CC2C)=C(C)C=CC1=S(=O)=O. The minimum absolute atomic E-state index is 0.0122. The van der Waals surface area contributed by atoms with Crippen molar-refractivity contribution in [2.75, 3.05) is 7.11 Å². The third kappa shape index (κ3) is 3.68. The Morgan fingerprint density at radius 3 is 2.70 bits per heavy atom. The number of hydrogen-bond donors (Lipinski definition) is 1. The Kier molecular flexibility index (Phi) is 5.33. The number of allylic oxidation sites excluding steroid dienone is 3. The fourth-order valence-corrected chi connectivity index (χ4v) is 3.34. The molecule has 0 spiro atoms. The molecule has 2 unspecified atom stereocenters. The summed E-state index contributed by atoms with van der Waals surface area (Å²) in [6, 6.07) is 0. The molecule has 6 nitrogen and oxygen atoms in total. The van der Waals surface area contributed by atoms with E-state index in [4.69, 9.17) is 4.74 Å². The third-order valence-corrected chi connectivity index (χ3v) is 4.69. The lowest BCUT2D eigenvalue weighted by Gasteiger charge is -2.23. The molecule has 1 aliphatic heterocycles. The Labute approximate surface area is 137 Å². The van der Waals surface area contributed by atoms with E-state index >= 15 is 0 Å². The van der Waals surface area contributed by atoms with E-state index in [0.717, 1.165) is 22.4 Å². The van der Waals surface area contributed by atoms with E-state index in [9.17, 15) is 13.2 Å². The lowest BCUT2D eigenvalue weighted by atomic mass is 9.89. The Bertz CT molecular complexity index is 777. The third-order valence-electron chi connectivity index (χ3n) is 3.96. The van der Waals surface area contributed by atoms with Gasteiger partial charge in [0, 0.05) is 19.4 Å². The molecule has 0 radical (unpaired) electrons. The Hall–Kier alpha value is -1.99. The van der Waals surface area contributed by atoms with Gasteiger partial charge in [0.2, 0.25) is 16.2 Å². The van der Waals surface area contributed by atoms with E-state index in [1.54, 1.807) is 12.2 Å². The van der Waals surface area contributed by atoms with E-state index < -0.39 is 16.4 Å². The number of nitrogens with one attached hydrogen (secondary N) is 1. The number of ether oxygens (including phenoxy) is 1. The average Bonchev–Trinajstić information content (AvgIpc) is 2.48. The van der Waals surface area contributed by atoms with E-state index in [-0.39, 0.29) is 16.7 Å². The monoisotopic (exact) mass is 336 g/mol. The number of hydrogen-bond acceptors (Lipinski definition) is 5. The number of nitrogens with zero attached hydrogens (tertiary/aromatic N) is 1. The van der Waals surface area contributed by atoms with Gasteiger partial charge in [0.25, 0.3) is 0 Å². The lowest BCUT2D eigenvalue weighted by molar-refractivity contribution is -0.121. The second-order valence-electron chi connectivity index (χ2n) is 5.69. The predicted molar refractivity (Wildman–Crippen MR) is 89.7 cm³/mol. The zero-order valence-electron chi connectivity index (χ0n) is 13.6. The predicted octanol–water partition coefficient (Wildman–Crippen LogP) is 1.40. The van der Waals surface area contributed by atoms with Crippen molar-refractivity contribution in [2.24, 2.45) is 11.0 Å². The van der Waals surface area contributed by atoms with E-state index in [2.05, 4.69) is 10.5 Å². The molecule has 124 valence electrons. The number of rotatable bonds is 3. The van der Waals surface area contributed by atoms with Crippen LogP contribution in [0.25, 0.3) is 0 Å². The molecule has 2 aliphatic rings. The van der Waals surface area contributed by atoms with Crippen molar-refractivity contribution in [3.63, 3.8) is 0 Å². The van der Waals surface area contributed by atoms with Crippen LogP contribution >= 0.6 is 0 Å². The molecule has 2 rings (SSSR count). The van der Waals surface area contributed by atoms with Crippen LogP contribution in [0.1, 0.15) is 27.2 Å². The van der Waals surface area contributed by atoms with Crippen molar-refractivity contribution in [1.29, 1.82) is 0 Å². The highest BCUT2D eigenvalue weighted by molar-refractivity contribution is 7.73. The van der Waals surface area contributed by atoms with E-state index in [1.165, 1.54) is 7.11 Å². The summed E-state index contributed by atoms with van der Waals surface area (Å²) in [6.45, 7) is 5.74. The van der Waals surface area contributed by atoms with Crippen LogP contribution in [0.5, 0.6) is 0 Å². The van der Waals surface area contributed by atoms with Crippen molar-refractivity contribution in [3.8, 4) is 0 Å². The van der Waals surface area contributed by atoms with Gasteiger partial charge in [-0.15, -0.1) is 0 Å². The Morgan fingerprint density at radius 1 is 1.43 bits per heavy atom. The van der Waals surface area contributed by atoms with Crippen LogP contribution in [-0.2, 0) is 19.8 Å². The molecule has 1 N–H and O–H groups in total. The van der Waals surface area contributed by atoms with Crippen LogP contribution in [0.15, 0.2) is 40.0 Å². The Balaban J connectivity index is 2.45. The molecule has 0 aromatic rings. The maximum atomic E-state index is 11.4. The van der Waals surface area contributed by atoms with Crippen LogP contribution < -0.4 is 5.43 Å². The maximum Gasteiger partial charge on any atom is 0.240 e. The van der Waals surface area contributed by atoms with Crippen LogP contribution in [0.2, 0.25) is 0 Å². The molecule has 7 heteroatoms. The summed E-state index contributed by atoms with van der Waals surface area (Å²) in [7, 11) is -0.864. The molecule has 23 heavy (non-hydrogen) atoms. The first-order valence-corrected chi connectivity index (χ1v) is 8.35. The molecule has 1 amide bonds. The minimum atomic E-state index is -2.34. The van der Waals surface area contributed by atoms with Crippen LogP contribution in [0.3, 0.4) is 0 Å². The molecule has 0 aromatic carbocycles. The highest BCUT2D eigenvalue weighted by atomic mass is 32.2. The highest BCUT2D eigenvalue weighted by Gasteiger charge is 2.26. The van der Waals surface area contributed by atoms with Gasteiger partial charge in [-0.3, -0.25) is 4.79 Å². The molecule has 0 saturated heterocycles. The summed E-state index contributed by atoms with van der Waals surface area (Å²) in [5.74, 6) is -0.0877. The zero-order chi connectivity index (χ0) is 17.1. The first-order valence-electron chi connectivity index (χ1n) is 7.28. The van der Waals surface area contributed by atoms with Crippen molar-refractivity contribution in [2.45, 2.75) is 33.3 Å². The molecule has 0 bridgehead atoms. The van der Waals surface area contributed by atoms with Gasteiger partial charge in [-0.05, 0) is 36.6 Å². The second kappa shape index (κ2) is 7.06. The van der Waals surface area contributed by atoms with Crippen LogP contribution in [-0.4, -0.2) is 38.1 Å². The summed E-state index contributed by atoms with van der Waals surface area (Å²) >= 11 is 0. The first-order chi connectivity index (χ1) is 10.8. The summed E-state index contributed by atoms with van der Waals surface area (Å²) < 4.78 is 28.1. The summed E-state index contributed by atoms with van der Waals surface area (Å²) in [6.07, 6.45) is 4.94. The summed E-state index contributed by atoms with van der Waals surface area (Å²) in [5.41, 5.74) is 5.86. The van der Waals surface area contributed by atoms with Gasteiger partial charge < -0.3 is 4.74 Å². The quantitative estimate of drug-likeness (QED) is 0.790. The molecular weight excluding hydrogens is 316 g/mol. The van der Waals surface area contributed by atoms with Gasteiger partial charge in [0.1, 0.15) is 11.0 Å². The summed E-state index contributed by atoms with van der Waals surface area (Å²) in [4.78, 5) is 11.6. The van der Waals surface area contributed by atoms with Gasteiger partial charge >= 0.3 is 0 Å². The minimum Gasteiger partial charge on any atom is -0.371 e. The number of carbonyl (C=O) groups excluding carboxylic acids is 1. The normalized spacial score (nSPS) is 25.4. The van der Waals surface area contributed by atoms with E-state index in [1.807, 2.05) is 26.8 Å². The number of amides is 1. The smallest absolute Gasteiger partial charge is 0.240 e. The first kappa shape index (κ1) is 17.4. The molecule has 0 saturated carbocycles. The molecule has 1 aliphatic carbocycles. The van der Waals surface area contributed by atoms with Gasteiger partial charge in [-0.25, -0.2) is 5.43 Å². The van der Waals surface area contributed by atoms with Gasteiger partial charge in [-0.1, -0.05) is 19.1 Å². The van der Waals surface area contributed by atoms with Crippen molar-refractivity contribution >= 4 is 26.8 Å².